The fourth-order valence-electron chi connectivity index (χ4n) is 2.59. The first-order valence-corrected chi connectivity index (χ1v) is 7.84. The first kappa shape index (κ1) is 13.8. The number of hydrogen-bond donors (Lipinski definition) is 1. The second kappa shape index (κ2) is 7.07. The molecule has 0 unspecified atom stereocenters. The highest BCUT2D eigenvalue weighted by Crippen LogP contribution is 2.27. The third-order valence-electron chi connectivity index (χ3n) is 3.55. The van der Waals surface area contributed by atoms with Gasteiger partial charge in [0.1, 0.15) is 16.2 Å². The summed E-state index contributed by atoms with van der Waals surface area (Å²) in [7, 11) is 0. The van der Waals surface area contributed by atoms with Gasteiger partial charge in [0.05, 0.1) is 0 Å². The number of rotatable bonds is 6. The molecule has 1 saturated carbocycles. The number of nitrogens with one attached hydrogen (secondary N) is 1. The Hall–Kier alpha value is -0.640. The largest absolute Gasteiger partial charge is 0.370 e. The van der Waals surface area contributed by atoms with Crippen LogP contribution in [0.25, 0.3) is 0 Å². The summed E-state index contributed by atoms with van der Waals surface area (Å²) in [5.74, 6) is 2.81. The maximum absolute atomic E-state index is 4.54. The summed E-state index contributed by atoms with van der Waals surface area (Å²) in [5.41, 5.74) is 0. The molecule has 0 amide bonds. The second-order valence-corrected chi connectivity index (χ2v) is 5.92. The van der Waals surface area contributed by atoms with E-state index in [1.54, 1.807) is 0 Å². The topological polar surface area (TPSA) is 37.8 Å². The second-order valence-electron chi connectivity index (χ2n) is 5.11. The summed E-state index contributed by atoms with van der Waals surface area (Å²) in [4.78, 5) is 8.91. The predicted molar refractivity (Wildman–Crippen MR) is 78.8 cm³/mol. The van der Waals surface area contributed by atoms with Crippen molar-refractivity contribution in [1.29, 1.82) is 0 Å². The van der Waals surface area contributed by atoms with Gasteiger partial charge in [-0.2, -0.15) is 0 Å². The molecule has 3 nitrogen and oxygen atoms in total. The van der Waals surface area contributed by atoms with Crippen LogP contribution in [-0.2, 0) is 6.42 Å². The van der Waals surface area contributed by atoms with E-state index in [1.165, 1.54) is 32.1 Å². The highest BCUT2D eigenvalue weighted by atomic mass is 79.9. The van der Waals surface area contributed by atoms with Crippen molar-refractivity contribution in [3.8, 4) is 0 Å². The van der Waals surface area contributed by atoms with Gasteiger partial charge in [-0.3, -0.25) is 0 Å². The van der Waals surface area contributed by atoms with Crippen LogP contribution in [0, 0.1) is 5.92 Å². The van der Waals surface area contributed by atoms with Crippen molar-refractivity contribution >= 4 is 21.7 Å². The summed E-state index contributed by atoms with van der Waals surface area (Å²) in [5, 5.41) is 3.43. The van der Waals surface area contributed by atoms with E-state index in [0.29, 0.717) is 0 Å². The molecule has 18 heavy (non-hydrogen) atoms. The van der Waals surface area contributed by atoms with Crippen LogP contribution in [-0.4, -0.2) is 16.5 Å². The minimum Gasteiger partial charge on any atom is -0.370 e. The number of hydrogen-bond acceptors (Lipinski definition) is 3. The van der Waals surface area contributed by atoms with Crippen molar-refractivity contribution in [2.24, 2.45) is 5.92 Å². The third-order valence-corrected chi connectivity index (χ3v) is 3.95. The Kier molecular flexibility index (Phi) is 5.42. The fourth-order valence-corrected chi connectivity index (χ4v) is 3.02. The van der Waals surface area contributed by atoms with Gasteiger partial charge in [-0.1, -0.05) is 32.6 Å². The molecule has 1 aliphatic rings. The summed E-state index contributed by atoms with van der Waals surface area (Å²) >= 11 is 3.45. The average Bonchev–Trinajstić information content (AvgIpc) is 2.82. The molecule has 0 saturated heterocycles. The lowest BCUT2D eigenvalue weighted by Gasteiger charge is -2.11. The molecule has 0 spiro atoms. The van der Waals surface area contributed by atoms with E-state index in [2.05, 4.69) is 38.1 Å². The highest BCUT2D eigenvalue weighted by molar-refractivity contribution is 9.10. The van der Waals surface area contributed by atoms with Gasteiger partial charge in [0.25, 0.3) is 0 Å². The Morgan fingerprint density at radius 1 is 1.33 bits per heavy atom. The minimum atomic E-state index is 0.879. The molecule has 0 aromatic carbocycles. The number of aryl methyl sites for hydroxylation is 1. The summed E-state index contributed by atoms with van der Waals surface area (Å²) < 4.78 is 0.879. The number of nitrogens with zero attached hydrogens (tertiary/aromatic N) is 2. The third kappa shape index (κ3) is 4.23. The van der Waals surface area contributed by atoms with Gasteiger partial charge in [0, 0.05) is 19.0 Å². The fraction of sp³-hybridized carbons (Fsp3) is 0.714. The summed E-state index contributed by atoms with van der Waals surface area (Å²) in [6.45, 7) is 3.18. The molecule has 0 bridgehead atoms. The highest BCUT2D eigenvalue weighted by Gasteiger charge is 2.14. The van der Waals surface area contributed by atoms with Crippen molar-refractivity contribution in [3.63, 3.8) is 0 Å². The molecule has 2 rings (SSSR count). The minimum absolute atomic E-state index is 0.879. The molecule has 4 heteroatoms. The van der Waals surface area contributed by atoms with Crippen LogP contribution in [0.3, 0.4) is 0 Å². The lowest BCUT2D eigenvalue weighted by Crippen LogP contribution is -2.09. The van der Waals surface area contributed by atoms with Crippen molar-refractivity contribution < 1.29 is 0 Å². The van der Waals surface area contributed by atoms with Gasteiger partial charge < -0.3 is 5.32 Å². The van der Waals surface area contributed by atoms with Gasteiger partial charge in [-0.25, -0.2) is 9.97 Å². The van der Waals surface area contributed by atoms with Crippen LogP contribution >= 0.6 is 15.9 Å². The van der Waals surface area contributed by atoms with Crippen molar-refractivity contribution in [1.82, 2.24) is 9.97 Å². The Morgan fingerprint density at radius 2 is 2.11 bits per heavy atom. The average molecular weight is 312 g/mol. The van der Waals surface area contributed by atoms with Crippen molar-refractivity contribution in [2.45, 2.75) is 51.9 Å². The first-order chi connectivity index (χ1) is 8.78. The number of halogens is 1. The van der Waals surface area contributed by atoms with E-state index in [4.69, 9.17) is 0 Å². The van der Waals surface area contributed by atoms with Crippen LogP contribution in [0.2, 0.25) is 0 Å². The lowest BCUT2D eigenvalue weighted by molar-refractivity contribution is 0.518. The lowest BCUT2D eigenvalue weighted by atomic mass is 10.0. The van der Waals surface area contributed by atoms with E-state index in [0.717, 1.165) is 41.5 Å². The molecular weight excluding hydrogens is 290 g/mol. The molecule has 1 aromatic rings. The van der Waals surface area contributed by atoms with Crippen LogP contribution < -0.4 is 5.32 Å². The molecule has 0 radical (unpaired) electrons. The molecule has 1 heterocycles. The number of anilines is 1. The zero-order chi connectivity index (χ0) is 12.8. The van der Waals surface area contributed by atoms with Gasteiger partial charge in [-0.15, -0.1) is 0 Å². The van der Waals surface area contributed by atoms with Crippen molar-refractivity contribution in [3.05, 3.63) is 16.5 Å². The molecule has 1 aliphatic carbocycles. The quantitative estimate of drug-likeness (QED) is 0.801. The Labute approximate surface area is 118 Å². The maximum atomic E-state index is 4.54. The SMILES string of the molecule is CCCc1nc(Br)cc(NCCC2CCCC2)n1. The Bertz CT molecular complexity index is 375. The molecule has 1 aromatic heterocycles. The van der Waals surface area contributed by atoms with Gasteiger partial charge in [-0.05, 0) is 34.7 Å². The maximum Gasteiger partial charge on any atom is 0.132 e. The normalized spacial score (nSPS) is 16.1. The van der Waals surface area contributed by atoms with Crippen LogP contribution in [0.15, 0.2) is 10.7 Å². The molecule has 1 fully saturated rings. The van der Waals surface area contributed by atoms with E-state index in [9.17, 15) is 0 Å². The van der Waals surface area contributed by atoms with E-state index in [-0.39, 0.29) is 0 Å². The molecule has 0 atom stereocenters. The van der Waals surface area contributed by atoms with E-state index in [1.807, 2.05) is 6.07 Å². The van der Waals surface area contributed by atoms with Crippen LogP contribution in [0.4, 0.5) is 5.82 Å². The van der Waals surface area contributed by atoms with E-state index < -0.39 is 0 Å². The van der Waals surface area contributed by atoms with Crippen LogP contribution in [0.1, 0.15) is 51.3 Å². The smallest absolute Gasteiger partial charge is 0.132 e. The zero-order valence-electron chi connectivity index (χ0n) is 11.1. The standard InChI is InChI=1S/C14H22BrN3/c1-2-5-13-17-12(15)10-14(18-13)16-9-8-11-6-3-4-7-11/h10-11H,2-9H2,1H3,(H,16,17,18). The van der Waals surface area contributed by atoms with Gasteiger partial charge in [0.15, 0.2) is 0 Å². The molecular formula is C14H22BrN3. The number of aromatic nitrogens is 2. The summed E-state index contributed by atoms with van der Waals surface area (Å²) in [6, 6.07) is 1.97. The van der Waals surface area contributed by atoms with E-state index >= 15 is 0 Å². The predicted octanol–water partition coefficient (Wildman–Crippen LogP) is 4.18. The Morgan fingerprint density at radius 3 is 2.83 bits per heavy atom. The first-order valence-electron chi connectivity index (χ1n) is 7.05. The molecule has 100 valence electrons. The molecule has 1 N–H and O–H groups in total. The summed E-state index contributed by atoms with van der Waals surface area (Å²) in [6.07, 6.45) is 8.96. The Balaban J connectivity index is 1.83. The zero-order valence-corrected chi connectivity index (χ0v) is 12.7. The van der Waals surface area contributed by atoms with Crippen molar-refractivity contribution in [2.75, 3.05) is 11.9 Å². The van der Waals surface area contributed by atoms with Crippen LogP contribution in [0.5, 0.6) is 0 Å². The van der Waals surface area contributed by atoms with Gasteiger partial charge in [0.2, 0.25) is 0 Å². The van der Waals surface area contributed by atoms with Gasteiger partial charge >= 0.3 is 0 Å². The molecule has 0 aliphatic heterocycles. The monoisotopic (exact) mass is 311 g/mol.